The standard InChI is InChI=1S/C15H21NOS2/c1-5-11(17-15(2,3)4)10-18-14-16-12-8-6-7-9-13(12)19-14/h6-9,11H,5,10H2,1-4H3/t11-/m0/s1. The Bertz CT molecular complexity index is 497. The lowest BCUT2D eigenvalue weighted by atomic mass is 10.2. The van der Waals surface area contributed by atoms with Crippen LogP contribution in [0.1, 0.15) is 34.1 Å². The number of para-hydroxylation sites is 1. The molecule has 1 aromatic carbocycles. The molecular weight excluding hydrogens is 274 g/mol. The SMILES string of the molecule is CC[C@@H](CSc1nc2ccccc2s1)OC(C)(C)C. The zero-order chi connectivity index (χ0) is 13.9. The first-order valence-electron chi connectivity index (χ1n) is 6.64. The minimum absolute atomic E-state index is 0.0746. The number of hydrogen-bond donors (Lipinski definition) is 0. The largest absolute Gasteiger partial charge is 0.372 e. The van der Waals surface area contributed by atoms with Crippen LogP contribution in [-0.4, -0.2) is 22.4 Å². The van der Waals surface area contributed by atoms with Gasteiger partial charge in [-0.2, -0.15) is 0 Å². The highest BCUT2D eigenvalue weighted by Gasteiger charge is 2.18. The molecule has 0 bridgehead atoms. The first-order chi connectivity index (χ1) is 8.98. The van der Waals surface area contributed by atoms with Crippen LogP contribution in [0.4, 0.5) is 0 Å². The van der Waals surface area contributed by atoms with Crippen molar-refractivity contribution in [3.8, 4) is 0 Å². The van der Waals surface area contributed by atoms with E-state index >= 15 is 0 Å². The van der Waals surface area contributed by atoms with Crippen LogP contribution in [0.25, 0.3) is 10.2 Å². The van der Waals surface area contributed by atoms with E-state index in [1.807, 2.05) is 6.07 Å². The fourth-order valence-corrected chi connectivity index (χ4v) is 4.01. The zero-order valence-corrected chi connectivity index (χ0v) is 13.6. The Balaban J connectivity index is 1.97. The van der Waals surface area contributed by atoms with Crippen molar-refractivity contribution in [1.29, 1.82) is 0 Å². The smallest absolute Gasteiger partial charge is 0.151 e. The van der Waals surface area contributed by atoms with Gasteiger partial charge in [0.1, 0.15) is 0 Å². The Kier molecular flexibility index (Phi) is 4.87. The van der Waals surface area contributed by atoms with E-state index in [9.17, 15) is 0 Å². The average molecular weight is 295 g/mol. The molecule has 1 heterocycles. The molecule has 0 aliphatic carbocycles. The highest BCUT2D eigenvalue weighted by atomic mass is 32.2. The topological polar surface area (TPSA) is 22.1 Å². The van der Waals surface area contributed by atoms with Gasteiger partial charge in [0, 0.05) is 5.75 Å². The van der Waals surface area contributed by atoms with Crippen molar-refractivity contribution in [1.82, 2.24) is 4.98 Å². The third-order valence-electron chi connectivity index (χ3n) is 2.64. The van der Waals surface area contributed by atoms with E-state index in [1.165, 1.54) is 4.70 Å². The van der Waals surface area contributed by atoms with E-state index in [4.69, 9.17) is 4.74 Å². The van der Waals surface area contributed by atoms with Crippen LogP contribution >= 0.6 is 23.1 Å². The second-order valence-corrected chi connectivity index (χ2v) is 7.82. The maximum Gasteiger partial charge on any atom is 0.151 e. The summed E-state index contributed by atoms with van der Waals surface area (Å²) in [5.41, 5.74) is 1.02. The Labute approximate surface area is 123 Å². The van der Waals surface area contributed by atoms with E-state index in [0.29, 0.717) is 0 Å². The van der Waals surface area contributed by atoms with Gasteiger partial charge in [-0.15, -0.1) is 11.3 Å². The molecule has 19 heavy (non-hydrogen) atoms. The van der Waals surface area contributed by atoms with Gasteiger partial charge in [-0.1, -0.05) is 30.8 Å². The van der Waals surface area contributed by atoms with Gasteiger partial charge in [-0.3, -0.25) is 0 Å². The molecule has 0 fully saturated rings. The summed E-state index contributed by atoms with van der Waals surface area (Å²) in [5.74, 6) is 0.966. The number of ether oxygens (including phenoxy) is 1. The maximum absolute atomic E-state index is 6.04. The van der Waals surface area contributed by atoms with Crippen molar-refractivity contribution in [2.45, 2.75) is 50.2 Å². The van der Waals surface area contributed by atoms with Gasteiger partial charge in [-0.25, -0.2) is 4.98 Å². The van der Waals surface area contributed by atoms with Crippen molar-refractivity contribution in [3.63, 3.8) is 0 Å². The molecule has 2 rings (SSSR count). The Morgan fingerprint density at radius 2 is 2.05 bits per heavy atom. The molecule has 0 saturated carbocycles. The van der Waals surface area contributed by atoms with Crippen molar-refractivity contribution >= 4 is 33.3 Å². The number of rotatable bonds is 5. The molecule has 0 aliphatic heterocycles. The summed E-state index contributed by atoms with van der Waals surface area (Å²) in [6.45, 7) is 8.50. The highest BCUT2D eigenvalue weighted by molar-refractivity contribution is 8.01. The highest BCUT2D eigenvalue weighted by Crippen LogP contribution is 2.30. The summed E-state index contributed by atoms with van der Waals surface area (Å²) in [7, 11) is 0. The molecule has 104 valence electrons. The zero-order valence-electron chi connectivity index (χ0n) is 12.0. The van der Waals surface area contributed by atoms with Crippen LogP contribution in [0.3, 0.4) is 0 Å². The molecule has 2 aromatic rings. The van der Waals surface area contributed by atoms with Crippen LogP contribution < -0.4 is 0 Å². The summed E-state index contributed by atoms with van der Waals surface area (Å²) >= 11 is 3.57. The van der Waals surface area contributed by atoms with Crippen LogP contribution in [-0.2, 0) is 4.74 Å². The molecule has 0 aliphatic rings. The number of thioether (sulfide) groups is 1. The number of aromatic nitrogens is 1. The monoisotopic (exact) mass is 295 g/mol. The molecule has 0 amide bonds. The normalized spacial score (nSPS) is 13.9. The summed E-state index contributed by atoms with van der Waals surface area (Å²) < 4.78 is 8.43. The molecule has 1 aromatic heterocycles. The molecule has 0 N–H and O–H groups in total. The lowest BCUT2D eigenvalue weighted by Gasteiger charge is -2.26. The molecule has 0 spiro atoms. The van der Waals surface area contributed by atoms with E-state index in [1.54, 1.807) is 23.1 Å². The Morgan fingerprint density at radius 1 is 1.32 bits per heavy atom. The lowest BCUT2D eigenvalue weighted by molar-refractivity contribution is -0.0499. The van der Waals surface area contributed by atoms with Gasteiger partial charge >= 0.3 is 0 Å². The molecule has 2 nitrogen and oxygen atoms in total. The second-order valence-electron chi connectivity index (χ2n) is 5.52. The Hall–Kier alpha value is -0.580. The first kappa shape index (κ1) is 14.8. The fourth-order valence-electron chi connectivity index (χ4n) is 1.81. The van der Waals surface area contributed by atoms with Crippen molar-refractivity contribution in [2.75, 3.05) is 5.75 Å². The maximum atomic E-state index is 6.04. The first-order valence-corrected chi connectivity index (χ1v) is 8.44. The van der Waals surface area contributed by atoms with Crippen LogP contribution in [0.15, 0.2) is 28.6 Å². The van der Waals surface area contributed by atoms with Gasteiger partial charge in [0.05, 0.1) is 21.9 Å². The number of benzene rings is 1. The minimum atomic E-state index is -0.0746. The number of thiazole rings is 1. The molecule has 0 unspecified atom stereocenters. The van der Waals surface area contributed by atoms with Gasteiger partial charge in [0.25, 0.3) is 0 Å². The number of fused-ring (bicyclic) bond motifs is 1. The predicted molar refractivity (Wildman–Crippen MR) is 85.3 cm³/mol. The van der Waals surface area contributed by atoms with Crippen LogP contribution in [0.2, 0.25) is 0 Å². The molecule has 0 radical (unpaired) electrons. The van der Waals surface area contributed by atoms with Gasteiger partial charge < -0.3 is 4.74 Å². The van der Waals surface area contributed by atoms with Crippen molar-refractivity contribution < 1.29 is 4.74 Å². The number of hydrogen-bond acceptors (Lipinski definition) is 4. The van der Waals surface area contributed by atoms with Crippen molar-refractivity contribution in [3.05, 3.63) is 24.3 Å². The van der Waals surface area contributed by atoms with Crippen LogP contribution in [0, 0.1) is 0 Å². The van der Waals surface area contributed by atoms with Crippen LogP contribution in [0.5, 0.6) is 0 Å². The lowest BCUT2D eigenvalue weighted by Crippen LogP contribution is -2.28. The average Bonchev–Trinajstić information content (AvgIpc) is 2.75. The molecule has 0 saturated heterocycles. The fraction of sp³-hybridized carbons (Fsp3) is 0.533. The quantitative estimate of drug-likeness (QED) is 0.726. The summed E-state index contributed by atoms with van der Waals surface area (Å²) in [4.78, 5) is 4.64. The third-order valence-corrected chi connectivity index (χ3v) is 4.95. The third kappa shape index (κ3) is 4.48. The van der Waals surface area contributed by atoms with E-state index < -0.39 is 0 Å². The van der Waals surface area contributed by atoms with Gasteiger partial charge in [0.15, 0.2) is 4.34 Å². The second kappa shape index (κ2) is 6.25. The summed E-state index contributed by atoms with van der Waals surface area (Å²) in [6.07, 6.45) is 1.33. The summed E-state index contributed by atoms with van der Waals surface area (Å²) in [6, 6.07) is 8.29. The van der Waals surface area contributed by atoms with Gasteiger partial charge in [-0.05, 0) is 39.3 Å². The van der Waals surface area contributed by atoms with E-state index in [-0.39, 0.29) is 11.7 Å². The van der Waals surface area contributed by atoms with Gasteiger partial charge in [0.2, 0.25) is 0 Å². The molecular formula is C15H21NOS2. The minimum Gasteiger partial charge on any atom is -0.372 e. The molecule has 4 heteroatoms. The predicted octanol–water partition coefficient (Wildman–Crippen LogP) is 4.98. The summed E-state index contributed by atoms with van der Waals surface area (Å²) in [5, 5.41) is 0. The van der Waals surface area contributed by atoms with Crippen molar-refractivity contribution in [2.24, 2.45) is 0 Å². The Morgan fingerprint density at radius 3 is 2.68 bits per heavy atom. The van der Waals surface area contributed by atoms with E-state index in [0.717, 1.165) is 22.0 Å². The number of nitrogens with zero attached hydrogens (tertiary/aromatic N) is 1. The molecule has 1 atom stereocenters. The van der Waals surface area contributed by atoms with E-state index in [2.05, 4.69) is 50.9 Å².